The van der Waals surface area contributed by atoms with E-state index < -0.39 is 15.6 Å². The Morgan fingerprint density at radius 2 is 1.76 bits per heavy atom. The molecule has 1 amide bonds. The molecule has 8 heteroatoms. The summed E-state index contributed by atoms with van der Waals surface area (Å²) in [5.41, 5.74) is 0.606. The smallest absolute Gasteiger partial charge is 0.255 e. The zero-order valence-corrected chi connectivity index (χ0v) is 19.7. The van der Waals surface area contributed by atoms with Crippen molar-refractivity contribution in [3.05, 3.63) is 58.1 Å². The minimum absolute atomic E-state index is 0.0495. The van der Waals surface area contributed by atoms with Crippen LogP contribution >= 0.6 is 15.9 Å². The van der Waals surface area contributed by atoms with Gasteiger partial charge in [-0.3, -0.25) is 4.79 Å². The lowest BCUT2D eigenvalue weighted by Crippen LogP contribution is -2.40. The summed E-state index contributed by atoms with van der Waals surface area (Å²) in [6.45, 7) is 8.19. The normalized spacial score (nSPS) is 11.9. The van der Waals surface area contributed by atoms with Crippen LogP contribution in [0.15, 0.2) is 51.8 Å². The largest absolute Gasteiger partial charge is 0.494 e. The van der Waals surface area contributed by atoms with Crippen molar-refractivity contribution in [1.29, 1.82) is 0 Å². The predicted octanol–water partition coefficient (Wildman–Crippen LogP) is 4.20. The standard InChI is InChI=1S/C21H27BrN2O4S/c1-6-28-16-9-7-15(8-10-16)14-24(5)20(25)18-13-17(11-12-19(18)22)29(26,27)23-21(2,3)4/h7-13,23H,6,14H2,1-5H3. The van der Waals surface area contributed by atoms with Gasteiger partial charge >= 0.3 is 0 Å². The van der Waals surface area contributed by atoms with Crippen LogP contribution in [0.25, 0.3) is 0 Å². The quantitative estimate of drug-likeness (QED) is 0.641. The summed E-state index contributed by atoms with van der Waals surface area (Å²) < 4.78 is 33.8. The summed E-state index contributed by atoms with van der Waals surface area (Å²) in [6.07, 6.45) is 0. The van der Waals surface area contributed by atoms with E-state index in [0.717, 1.165) is 11.3 Å². The van der Waals surface area contributed by atoms with Gasteiger partial charge in [0.05, 0.1) is 17.1 Å². The first-order valence-corrected chi connectivity index (χ1v) is 11.5. The molecule has 0 heterocycles. The van der Waals surface area contributed by atoms with Crippen molar-refractivity contribution in [3.8, 4) is 5.75 Å². The minimum Gasteiger partial charge on any atom is -0.494 e. The Labute approximate surface area is 181 Å². The summed E-state index contributed by atoms with van der Waals surface area (Å²) in [5.74, 6) is 0.496. The molecule has 0 aliphatic rings. The van der Waals surface area contributed by atoms with Crippen molar-refractivity contribution < 1.29 is 17.9 Å². The number of ether oxygens (including phenoxy) is 1. The number of halogens is 1. The van der Waals surface area contributed by atoms with Crippen LogP contribution in [0.1, 0.15) is 43.6 Å². The number of hydrogen-bond acceptors (Lipinski definition) is 4. The molecule has 0 bridgehead atoms. The molecule has 0 aliphatic carbocycles. The zero-order valence-electron chi connectivity index (χ0n) is 17.3. The SMILES string of the molecule is CCOc1ccc(CN(C)C(=O)c2cc(S(=O)(=O)NC(C)(C)C)ccc2Br)cc1. The molecule has 0 fully saturated rings. The van der Waals surface area contributed by atoms with E-state index in [-0.39, 0.29) is 16.4 Å². The summed E-state index contributed by atoms with van der Waals surface area (Å²) in [7, 11) is -2.06. The van der Waals surface area contributed by atoms with E-state index in [2.05, 4.69) is 20.7 Å². The molecule has 0 radical (unpaired) electrons. The Balaban J connectivity index is 2.23. The van der Waals surface area contributed by atoms with Crippen molar-refractivity contribution in [3.63, 3.8) is 0 Å². The second kappa shape index (κ2) is 9.28. The molecule has 2 aromatic carbocycles. The van der Waals surface area contributed by atoms with Crippen molar-refractivity contribution >= 4 is 31.9 Å². The van der Waals surface area contributed by atoms with Crippen molar-refractivity contribution in [2.24, 2.45) is 0 Å². The summed E-state index contributed by atoms with van der Waals surface area (Å²) in [5, 5.41) is 0. The maximum atomic E-state index is 13.0. The molecular weight excluding hydrogens is 456 g/mol. The minimum atomic E-state index is -3.74. The van der Waals surface area contributed by atoms with Gasteiger partial charge in [-0.2, -0.15) is 0 Å². The molecule has 158 valence electrons. The first-order chi connectivity index (χ1) is 13.4. The Morgan fingerprint density at radius 1 is 1.14 bits per heavy atom. The van der Waals surface area contributed by atoms with E-state index in [4.69, 9.17) is 4.74 Å². The second-order valence-electron chi connectivity index (χ2n) is 7.74. The highest BCUT2D eigenvalue weighted by atomic mass is 79.9. The monoisotopic (exact) mass is 482 g/mol. The molecule has 0 aromatic heterocycles. The number of amides is 1. The Kier molecular flexibility index (Phi) is 7.48. The fraction of sp³-hybridized carbons (Fsp3) is 0.381. The number of sulfonamides is 1. The van der Waals surface area contributed by atoms with E-state index in [9.17, 15) is 13.2 Å². The molecule has 0 unspecified atom stereocenters. The highest BCUT2D eigenvalue weighted by Gasteiger charge is 2.24. The van der Waals surface area contributed by atoms with Crippen molar-refractivity contribution in [2.45, 2.75) is 44.7 Å². The number of carbonyl (C=O) groups is 1. The maximum Gasteiger partial charge on any atom is 0.255 e. The van der Waals surface area contributed by atoms with Gasteiger partial charge in [0.15, 0.2) is 0 Å². The number of carbonyl (C=O) groups excluding carboxylic acids is 1. The molecule has 2 rings (SSSR count). The van der Waals surface area contributed by atoms with E-state index in [1.165, 1.54) is 12.1 Å². The second-order valence-corrected chi connectivity index (χ2v) is 10.3. The van der Waals surface area contributed by atoms with Gasteiger partial charge in [-0.15, -0.1) is 0 Å². The zero-order chi connectivity index (χ0) is 21.8. The molecule has 6 nitrogen and oxygen atoms in total. The predicted molar refractivity (Wildman–Crippen MR) is 118 cm³/mol. The topological polar surface area (TPSA) is 75.7 Å². The average Bonchev–Trinajstić information content (AvgIpc) is 2.61. The highest BCUT2D eigenvalue weighted by molar-refractivity contribution is 9.10. The lowest BCUT2D eigenvalue weighted by molar-refractivity contribution is 0.0784. The number of nitrogens with one attached hydrogen (secondary N) is 1. The lowest BCUT2D eigenvalue weighted by Gasteiger charge is -2.22. The van der Waals surface area contributed by atoms with Crippen LogP contribution in [0.4, 0.5) is 0 Å². The number of benzene rings is 2. The number of rotatable bonds is 7. The van der Waals surface area contributed by atoms with E-state index >= 15 is 0 Å². The molecule has 0 spiro atoms. The van der Waals surface area contributed by atoms with Crippen LogP contribution in [0.3, 0.4) is 0 Å². The lowest BCUT2D eigenvalue weighted by atomic mass is 10.1. The van der Waals surface area contributed by atoms with Crippen LogP contribution in [0, 0.1) is 0 Å². The van der Waals surface area contributed by atoms with Gasteiger partial charge in [0, 0.05) is 23.6 Å². The summed E-state index contributed by atoms with van der Waals surface area (Å²) >= 11 is 3.36. The fourth-order valence-electron chi connectivity index (χ4n) is 2.71. The molecule has 0 aliphatic heterocycles. The van der Waals surface area contributed by atoms with Gasteiger partial charge in [0.2, 0.25) is 10.0 Å². The Morgan fingerprint density at radius 3 is 2.31 bits per heavy atom. The fourth-order valence-corrected chi connectivity index (χ4v) is 4.57. The van der Waals surface area contributed by atoms with E-state index in [1.807, 2.05) is 31.2 Å². The van der Waals surface area contributed by atoms with Gasteiger partial charge in [0.25, 0.3) is 5.91 Å². The third kappa shape index (κ3) is 6.55. The van der Waals surface area contributed by atoms with Gasteiger partial charge in [-0.1, -0.05) is 12.1 Å². The summed E-state index contributed by atoms with van der Waals surface area (Å²) in [4.78, 5) is 14.6. The summed E-state index contributed by atoms with van der Waals surface area (Å²) in [6, 6.07) is 12.0. The van der Waals surface area contributed by atoms with Gasteiger partial charge < -0.3 is 9.64 Å². The first-order valence-electron chi connectivity index (χ1n) is 9.23. The average molecular weight is 483 g/mol. The molecule has 0 saturated carbocycles. The molecule has 0 atom stereocenters. The van der Waals surface area contributed by atoms with Gasteiger partial charge in [-0.05, 0) is 79.5 Å². The van der Waals surface area contributed by atoms with E-state index in [1.54, 1.807) is 38.8 Å². The van der Waals surface area contributed by atoms with E-state index in [0.29, 0.717) is 17.6 Å². The molecular formula is C21H27BrN2O4S. The van der Waals surface area contributed by atoms with Gasteiger partial charge in [0.1, 0.15) is 5.75 Å². The van der Waals surface area contributed by atoms with Crippen LogP contribution in [-0.4, -0.2) is 38.4 Å². The van der Waals surface area contributed by atoms with Crippen LogP contribution < -0.4 is 9.46 Å². The molecule has 1 N–H and O–H groups in total. The third-order valence-electron chi connectivity index (χ3n) is 3.92. The molecule has 2 aromatic rings. The first kappa shape index (κ1) is 23.4. The van der Waals surface area contributed by atoms with Crippen LogP contribution in [0.5, 0.6) is 5.75 Å². The number of hydrogen-bond donors (Lipinski definition) is 1. The number of nitrogens with zero attached hydrogens (tertiary/aromatic N) is 1. The van der Waals surface area contributed by atoms with Crippen molar-refractivity contribution in [2.75, 3.05) is 13.7 Å². The van der Waals surface area contributed by atoms with Crippen molar-refractivity contribution in [1.82, 2.24) is 9.62 Å². The van der Waals surface area contributed by atoms with Crippen LogP contribution in [0.2, 0.25) is 0 Å². The maximum absolute atomic E-state index is 13.0. The van der Waals surface area contributed by atoms with Crippen LogP contribution in [-0.2, 0) is 16.6 Å². The third-order valence-corrected chi connectivity index (χ3v) is 6.37. The molecule has 29 heavy (non-hydrogen) atoms. The van der Waals surface area contributed by atoms with Gasteiger partial charge in [-0.25, -0.2) is 13.1 Å². The Hall–Kier alpha value is -1.90. The molecule has 0 saturated heterocycles. The Bertz CT molecular complexity index is 967. The highest BCUT2D eigenvalue weighted by Crippen LogP contribution is 2.24.